The lowest BCUT2D eigenvalue weighted by atomic mass is 10.0. The first-order valence-corrected chi connectivity index (χ1v) is 12.3. The van der Waals surface area contributed by atoms with Gasteiger partial charge in [0.15, 0.2) is 23.0 Å². The molecule has 2 unspecified atom stereocenters. The lowest BCUT2D eigenvalue weighted by Gasteiger charge is -2.13. The van der Waals surface area contributed by atoms with Crippen LogP contribution in [0, 0.1) is 23.5 Å². The molecule has 1 aliphatic heterocycles. The third-order valence-electron chi connectivity index (χ3n) is 7.35. The molecule has 0 bridgehead atoms. The lowest BCUT2D eigenvalue weighted by molar-refractivity contribution is 0.0945. The molecule has 2 fully saturated rings. The zero-order valence-corrected chi connectivity index (χ0v) is 21.6. The molecule has 6 rings (SSSR count). The fraction of sp³-hybridized carbons (Fsp3) is 0.296. The van der Waals surface area contributed by atoms with Crippen LogP contribution in [0.3, 0.4) is 0 Å². The van der Waals surface area contributed by atoms with Crippen LogP contribution in [-0.2, 0) is 6.42 Å². The Hall–Kier alpha value is -3.76. The number of amides is 1. The minimum atomic E-state index is -1.06. The molecule has 1 aliphatic carbocycles. The summed E-state index contributed by atoms with van der Waals surface area (Å²) in [6.07, 6.45) is 5.35. The van der Waals surface area contributed by atoms with Crippen LogP contribution >= 0.6 is 12.4 Å². The number of carbonyl (C=O) groups is 1. The maximum Gasteiger partial charge on any atom is 0.251 e. The van der Waals surface area contributed by atoms with Gasteiger partial charge in [-0.25, -0.2) is 14.4 Å². The number of fused-ring (bicyclic) bond motifs is 2. The Labute approximate surface area is 224 Å². The predicted octanol–water partition coefficient (Wildman–Crippen LogP) is 4.36. The minimum Gasteiger partial charge on any atom is -0.494 e. The molecule has 0 spiro atoms. The average Bonchev–Trinajstić information content (AvgIpc) is 3.25. The van der Waals surface area contributed by atoms with Crippen LogP contribution in [0.15, 0.2) is 48.9 Å². The summed E-state index contributed by atoms with van der Waals surface area (Å²) in [4.78, 5) is 21.7. The molecule has 3 heterocycles. The van der Waals surface area contributed by atoms with E-state index in [0.717, 1.165) is 24.3 Å². The number of piperidine rings is 1. The van der Waals surface area contributed by atoms with E-state index >= 15 is 0 Å². The summed E-state index contributed by atoms with van der Waals surface area (Å²) in [7, 11) is 1.29. The van der Waals surface area contributed by atoms with Gasteiger partial charge in [0.25, 0.3) is 5.91 Å². The van der Waals surface area contributed by atoms with Crippen LogP contribution in [0.5, 0.6) is 5.75 Å². The highest BCUT2D eigenvalue weighted by atomic mass is 35.5. The van der Waals surface area contributed by atoms with Gasteiger partial charge >= 0.3 is 0 Å². The van der Waals surface area contributed by atoms with Crippen molar-refractivity contribution in [2.75, 3.05) is 25.5 Å². The van der Waals surface area contributed by atoms with Gasteiger partial charge in [0.2, 0.25) is 5.82 Å². The van der Waals surface area contributed by atoms with Crippen molar-refractivity contribution in [3.05, 3.63) is 71.7 Å². The first-order chi connectivity index (χ1) is 18.0. The number of hydrogen-bond acceptors (Lipinski definition) is 6. The Kier molecular flexibility index (Phi) is 6.93. The van der Waals surface area contributed by atoms with Gasteiger partial charge in [-0.05, 0) is 54.2 Å². The van der Waals surface area contributed by atoms with Gasteiger partial charge in [0.05, 0.1) is 19.0 Å². The number of aryl methyl sites for hydroxylation is 1. The number of methoxy groups -OCH3 is 1. The van der Waals surface area contributed by atoms with Crippen LogP contribution in [0.25, 0.3) is 16.9 Å². The van der Waals surface area contributed by atoms with Gasteiger partial charge in [0.1, 0.15) is 0 Å². The molecule has 2 aliphatic rings. The standard InChI is InChI=1S/C27H26F2N6O2.ClH/c1-3-14-10-15(4-5-16(14)27(36)34-24-18-11-30-12-19(18)24)33-25-26-32-13-20(35(26)9-8-31-25)17-6-7-21(37-2)23(29)22(17)28;/h4-10,13,18-19,24,30H,3,11-12H2,1-2H3,(H,31,33)(H,34,36);1H. The summed E-state index contributed by atoms with van der Waals surface area (Å²) in [6, 6.07) is 8.67. The molecule has 38 heavy (non-hydrogen) atoms. The second kappa shape index (κ2) is 10.2. The second-order valence-corrected chi connectivity index (χ2v) is 9.39. The van der Waals surface area contributed by atoms with Crippen molar-refractivity contribution in [3.63, 3.8) is 0 Å². The van der Waals surface area contributed by atoms with Crippen molar-refractivity contribution in [2.45, 2.75) is 19.4 Å². The van der Waals surface area contributed by atoms with Crippen LogP contribution in [-0.4, -0.2) is 46.5 Å². The lowest BCUT2D eigenvalue weighted by Crippen LogP contribution is -2.33. The number of rotatable bonds is 7. The third-order valence-corrected chi connectivity index (χ3v) is 7.35. The number of imidazole rings is 1. The van der Waals surface area contributed by atoms with Crippen molar-refractivity contribution in [1.29, 1.82) is 0 Å². The highest BCUT2D eigenvalue weighted by Gasteiger charge is 2.53. The summed E-state index contributed by atoms with van der Waals surface area (Å²) >= 11 is 0. The Bertz CT molecular complexity index is 1520. The molecule has 3 N–H and O–H groups in total. The zero-order chi connectivity index (χ0) is 25.7. The number of aromatic nitrogens is 3. The molecule has 198 valence electrons. The SMILES string of the molecule is CCc1cc(Nc2nccn3c(-c4ccc(OC)c(F)c4F)cnc23)ccc1C(=O)NC1C2CNCC21.Cl. The maximum absolute atomic E-state index is 14.8. The van der Waals surface area contributed by atoms with E-state index in [0.29, 0.717) is 41.0 Å². The molecule has 2 atom stereocenters. The summed E-state index contributed by atoms with van der Waals surface area (Å²) < 4.78 is 35.6. The normalized spacial score (nSPS) is 19.5. The Morgan fingerprint density at radius 3 is 2.68 bits per heavy atom. The smallest absolute Gasteiger partial charge is 0.251 e. The molecule has 1 saturated heterocycles. The molecule has 1 amide bonds. The van der Waals surface area contributed by atoms with Gasteiger partial charge in [-0.2, -0.15) is 4.39 Å². The van der Waals surface area contributed by atoms with E-state index in [1.165, 1.54) is 25.4 Å². The summed E-state index contributed by atoms with van der Waals surface area (Å²) in [5.74, 6) is -0.747. The maximum atomic E-state index is 14.8. The predicted molar refractivity (Wildman–Crippen MR) is 142 cm³/mol. The number of ether oxygens (including phenoxy) is 1. The van der Waals surface area contributed by atoms with Crippen molar-refractivity contribution in [1.82, 2.24) is 25.0 Å². The highest BCUT2D eigenvalue weighted by molar-refractivity contribution is 5.96. The molecule has 2 aromatic carbocycles. The Morgan fingerprint density at radius 2 is 1.95 bits per heavy atom. The van der Waals surface area contributed by atoms with Crippen molar-refractivity contribution >= 4 is 35.5 Å². The quantitative estimate of drug-likeness (QED) is 0.323. The average molecular weight is 541 g/mol. The van der Waals surface area contributed by atoms with E-state index in [2.05, 4.69) is 25.9 Å². The fourth-order valence-electron chi connectivity index (χ4n) is 5.28. The number of hydrogen-bond donors (Lipinski definition) is 3. The number of nitrogens with zero attached hydrogens (tertiary/aromatic N) is 3. The van der Waals surface area contributed by atoms with Gasteiger partial charge in [-0.3, -0.25) is 9.20 Å². The molecule has 4 aromatic rings. The number of nitrogens with one attached hydrogen (secondary N) is 3. The van der Waals surface area contributed by atoms with Crippen molar-refractivity contribution in [2.24, 2.45) is 11.8 Å². The van der Waals surface area contributed by atoms with E-state index in [4.69, 9.17) is 4.74 Å². The molecule has 8 nitrogen and oxygen atoms in total. The molecule has 2 aromatic heterocycles. The molecular weight excluding hydrogens is 514 g/mol. The van der Waals surface area contributed by atoms with Gasteiger partial charge < -0.3 is 20.7 Å². The van der Waals surface area contributed by atoms with E-state index in [1.54, 1.807) is 16.8 Å². The van der Waals surface area contributed by atoms with Gasteiger partial charge in [-0.15, -0.1) is 12.4 Å². The molecule has 0 radical (unpaired) electrons. The molecule has 1 saturated carbocycles. The Balaban J connectivity index is 0.00000294. The van der Waals surface area contributed by atoms with Gasteiger partial charge in [0, 0.05) is 48.3 Å². The van der Waals surface area contributed by atoms with Crippen LogP contribution in [0.1, 0.15) is 22.8 Å². The summed E-state index contributed by atoms with van der Waals surface area (Å²) in [6.45, 7) is 3.94. The number of anilines is 2. The van der Waals surface area contributed by atoms with E-state index in [-0.39, 0.29) is 35.7 Å². The monoisotopic (exact) mass is 540 g/mol. The van der Waals surface area contributed by atoms with Crippen molar-refractivity contribution < 1.29 is 18.3 Å². The fourth-order valence-corrected chi connectivity index (χ4v) is 5.28. The zero-order valence-electron chi connectivity index (χ0n) is 20.8. The summed E-state index contributed by atoms with van der Waals surface area (Å²) in [5, 5.41) is 9.78. The van der Waals surface area contributed by atoms with Crippen molar-refractivity contribution in [3.8, 4) is 17.0 Å². The topological polar surface area (TPSA) is 92.6 Å². The van der Waals surface area contributed by atoms with Gasteiger partial charge in [-0.1, -0.05) is 6.92 Å². The molecule has 11 heteroatoms. The van der Waals surface area contributed by atoms with Crippen LogP contribution in [0.2, 0.25) is 0 Å². The van der Waals surface area contributed by atoms with E-state index in [9.17, 15) is 13.6 Å². The first kappa shape index (κ1) is 25.9. The minimum absolute atomic E-state index is 0. The van der Waals surface area contributed by atoms with E-state index in [1.807, 2.05) is 25.1 Å². The highest BCUT2D eigenvalue weighted by Crippen LogP contribution is 2.41. The van der Waals surface area contributed by atoms with Crippen LogP contribution < -0.4 is 20.7 Å². The van der Waals surface area contributed by atoms with Crippen LogP contribution in [0.4, 0.5) is 20.3 Å². The summed E-state index contributed by atoms with van der Waals surface area (Å²) in [5.41, 5.74) is 3.20. The molecular formula is C27H27ClF2N6O2. The number of carbonyl (C=O) groups excluding carboxylic acids is 1. The number of halogens is 3. The van der Waals surface area contributed by atoms with E-state index < -0.39 is 11.6 Å². The Morgan fingerprint density at radius 1 is 1.16 bits per heavy atom. The number of benzene rings is 2. The second-order valence-electron chi connectivity index (χ2n) is 9.39. The largest absolute Gasteiger partial charge is 0.494 e. The first-order valence-electron chi connectivity index (χ1n) is 12.3. The third kappa shape index (κ3) is 4.33.